The SMILES string of the molecule is CCCOC(=O)/C(Cl)=C(/Cl)C(=O)OCCC. The predicted molar refractivity (Wildman–Crippen MR) is 61.2 cm³/mol. The molecule has 0 aromatic carbocycles. The second-order valence-corrected chi connectivity index (χ2v) is 3.66. The van der Waals surface area contributed by atoms with E-state index in [-0.39, 0.29) is 13.2 Å². The summed E-state index contributed by atoms with van der Waals surface area (Å²) < 4.78 is 9.42. The van der Waals surface area contributed by atoms with E-state index in [1.165, 1.54) is 0 Å². The van der Waals surface area contributed by atoms with Crippen molar-refractivity contribution in [2.45, 2.75) is 26.7 Å². The highest BCUT2D eigenvalue weighted by Crippen LogP contribution is 2.17. The molecule has 6 heteroatoms. The first kappa shape index (κ1) is 15.3. The van der Waals surface area contributed by atoms with E-state index in [2.05, 4.69) is 0 Å². The standard InChI is InChI=1S/C10H14Cl2O4/c1-3-5-15-9(13)7(11)8(12)10(14)16-6-4-2/h3-6H2,1-2H3/b8-7-. The molecule has 4 nitrogen and oxygen atoms in total. The largest absolute Gasteiger partial charge is 0.461 e. The van der Waals surface area contributed by atoms with Gasteiger partial charge in [-0.25, -0.2) is 9.59 Å². The van der Waals surface area contributed by atoms with Gasteiger partial charge in [0.2, 0.25) is 0 Å². The van der Waals surface area contributed by atoms with E-state index in [0.717, 1.165) is 0 Å². The maximum absolute atomic E-state index is 11.2. The molecule has 0 amide bonds. The van der Waals surface area contributed by atoms with Gasteiger partial charge < -0.3 is 9.47 Å². The van der Waals surface area contributed by atoms with E-state index < -0.39 is 22.0 Å². The minimum atomic E-state index is -0.818. The van der Waals surface area contributed by atoms with Crippen LogP contribution in [0.4, 0.5) is 0 Å². The van der Waals surface area contributed by atoms with Crippen LogP contribution >= 0.6 is 23.2 Å². The third-order valence-electron chi connectivity index (χ3n) is 1.43. The van der Waals surface area contributed by atoms with E-state index >= 15 is 0 Å². The van der Waals surface area contributed by atoms with Crippen molar-refractivity contribution in [3.8, 4) is 0 Å². The first-order chi connectivity index (χ1) is 7.54. The van der Waals surface area contributed by atoms with Gasteiger partial charge in [-0.2, -0.15) is 0 Å². The fourth-order valence-corrected chi connectivity index (χ4v) is 0.959. The molecule has 0 saturated carbocycles. The summed E-state index contributed by atoms with van der Waals surface area (Å²) in [5, 5.41) is -0.896. The first-order valence-electron chi connectivity index (χ1n) is 4.94. The van der Waals surface area contributed by atoms with Crippen molar-refractivity contribution in [3.63, 3.8) is 0 Å². The molecule has 92 valence electrons. The number of rotatable bonds is 6. The zero-order valence-corrected chi connectivity index (χ0v) is 10.7. The normalized spacial score (nSPS) is 11.8. The lowest BCUT2D eigenvalue weighted by molar-refractivity contribution is -0.141. The van der Waals surface area contributed by atoms with Crippen LogP contribution in [0.3, 0.4) is 0 Å². The molecular formula is C10H14Cl2O4. The molecule has 0 aliphatic heterocycles. The van der Waals surface area contributed by atoms with E-state index in [4.69, 9.17) is 32.7 Å². The third-order valence-corrected chi connectivity index (χ3v) is 2.21. The van der Waals surface area contributed by atoms with Crippen molar-refractivity contribution < 1.29 is 19.1 Å². The van der Waals surface area contributed by atoms with Gasteiger partial charge in [0.05, 0.1) is 13.2 Å². The smallest absolute Gasteiger partial charge is 0.351 e. The van der Waals surface area contributed by atoms with E-state index in [1.807, 2.05) is 13.8 Å². The van der Waals surface area contributed by atoms with Crippen LogP contribution in [0.1, 0.15) is 26.7 Å². The van der Waals surface area contributed by atoms with Crippen molar-refractivity contribution in [1.29, 1.82) is 0 Å². The fraction of sp³-hybridized carbons (Fsp3) is 0.600. The molecule has 0 aliphatic rings. The number of halogens is 2. The average Bonchev–Trinajstić information content (AvgIpc) is 2.30. The second kappa shape index (κ2) is 8.42. The molecule has 0 aromatic rings. The highest BCUT2D eigenvalue weighted by molar-refractivity contribution is 6.53. The molecule has 0 aliphatic carbocycles. The van der Waals surface area contributed by atoms with Crippen LogP contribution in [-0.2, 0) is 19.1 Å². The van der Waals surface area contributed by atoms with Gasteiger partial charge >= 0.3 is 11.9 Å². The topological polar surface area (TPSA) is 52.6 Å². The summed E-state index contributed by atoms with van der Waals surface area (Å²) in [5.41, 5.74) is 0. The zero-order valence-electron chi connectivity index (χ0n) is 9.22. The zero-order chi connectivity index (χ0) is 12.6. The molecule has 0 radical (unpaired) electrons. The summed E-state index contributed by atoms with van der Waals surface area (Å²) in [5.74, 6) is -1.64. The van der Waals surface area contributed by atoms with Crippen molar-refractivity contribution in [2.24, 2.45) is 0 Å². The lowest BCUT2D eigenvalue weighted by atomic mass is 10.4. The Balaban J connectivity index is 4.43. The minimum absolute atomic E-state index is 0.225. The Morgan fingerprint density at radius 3 is 1.44 bits per heavy atom. The Morgan fingerprint density at radius 1 is 0.875 bits per heavy atom. The summed E-state index contributed by atoms with van der Waals surface area (Å²) in [6.07, 6.45) is 1.32. The van der Waals surface area contributed by atoms with Crippen LogP contribution < -0.4 is 0 Å². The highest BCUT2D eigenvalue weighted by atomic mass is 35.5. The van der Waals surface area contributed by atoms with E-state index in [0.29, 0.717) is 12.8 Å². The van der Waals surface area contributed by atoms with E-state index in [1.54, 1.807) is 0 Å². The Kier molecular flexibility index (Phi) is 8.03. The van der Waals surface area contributed by atoms with Crippen LogP contribution in [0.15, 0.2) is 10.1 Å². The van der Waals surface area contributed by atoms with Gasteiger partial charge in [-0.15, -0.1) is 0 Å². The molecule has 0 bridgehead atoms. The Labute approximate surface area is 104 Å². The fourth-order valence-electron chi connectivity index (χ4n) is 0.695. The average molecular weight is 269 g/mol. The van der Waals surface area contributed by atoms with Crippen LogP contribution in [0, 0.1) is 0 Å². The highest BCUT2D eigenvalue weighted by Gasteiger charge is 2.19. The molecule has 0 saturated heterocycles. The van der Waals surface area contributed by atoms with Gasteiger partial charge in [0, 0.05) is 0 Å². The van der Waals surface area contributed by atoms with Crippen molar-refractivity contribution in [3.05, 3.63) is 10.1 Å². The predicted octanol–water partition coefficient (Wildman–Crippen LogP) is 2.58. The van der Waals surface area contributed by atoms with Gasteiger partial charge in [-0.1, -0.05) is 37.0 Å². The van der Waals surface area contributed by atoms with Crippen LogP contribution in [0.2, 0.25) is 0 Å². The van der Waals surface area contributed by atoms with Gasteiger partial charge in [-0.3, -0.25) is 0 Å². The summed E-state index contributed by atoms with van der Waals surface area (Å²) in [7, 11) is 0. The molecule has 0 N–H and O–H groups in total. The monoisotopic (exact) mass is 268 g/mol. The van der Waals surface area contributed by atoms with Crippen LogP contribution in [-0.4, -0.2) is 25.2 Å². The number of ether oxygens (including phenoxy) is 2. The number of carbonyl (C=O) groups is 2. The second-order valence-electron chi connectivity index (χ2n) is 2.90. The first-order valence-corrected chi connectivity index (χ1v) is 5.69. The number of hydrogen-bond acceptors (Lipinski definition) is 4. The third kappa shape index (κ3) is 5.37. The summed E-state index contributed by atoms with van der Waals surface area (Å²) in [4.78, 5) is 22.4. The summed E-state index contributed by atoms with van der Waals surface area (Å²) in [6, 6.07) is 0. The summed E-state index contributed by atoms with van der Waals surface area (Å²) >= 11 is 11.1. The number of hydrogen-bond donors (Lipinski definition) is 0. The van der Waals surface area contributed by atoms with Gasteiger partial charge in [-0.05, 0) is 12.8 Å². The minimum Gasteiger partial charge on any atom is -0.461 e. The Bertz CT molecular complexity index is 259. The quantitative estimate of drug-likeness (QED) is 0.549. The molecular weight excluding hydrogens is 255 g/mol. The molecule has 0 heterocycles. The van der Waals surface area contributed by atoms with Crippen LogP contribution in [0.25, 0.3) is 0 Å². The lowest BCUT2D eigenvalue weighted by Crippen LogP contribution is -2.12. The summed E-state index contributed by atoms with van der Waals surface area (Å²) in [6.45, 7) is 4.12. The Hall–Kier alpha value is -0.740. The lowest BCUT2D eigenvalue weighted by Gasteiger charge is -2.04. The van der Waals surface area contributed by atoms with Gasteiger partial charge in [0.1, 0.15) is 0 Å². The molecule has 0 unspecified atom stereocenters. The molecule has 16 heavy (non-hydrogen) atoms. The van der Waals surface area contributed by atoms with Crippen molar-refractivity contribution in [2.75, 3.05) is 13.2 Å². The Morgan fingerprint density at radius 2 is 1.19 bits per heavy atom. The van der Waals surface area contributed by atoms with Crippen LogP contribution in [0.5, 0.6) is 0 Å². The number of esters is 2. The maximum atomic E-state index is 11.2. The van der Waals surface area contributed by atoms with E-state index in [9.17, 15) is 9.59 Å². The maximum Gasteiger partial charge on any atom is 0.351 e. The van der Waals surface area contributed by atoms with Crippen molar-refractivity contribution in [1.82, 2.24) is 0 Å². The molecule has 0 rings (SSSR count). The van der Waals surface area contributed by atoms with Gasteiger partial charge in [0.25, 0.3) is 0 Å². The molecule has 0 aromatic heterocycles. The molecule has 0 spiro atoms. The number of carbonyl (C=O) groups excluding carboxylic acids is 2. The van der Waals surface area contributed by atoms with Gasteiger partial charge in [0.15, 0.2) is 10.1 Å². The molecule has 0 fully saturated rings. The van der Waals surface area contributed by atoms with Crippen molar-refractivity contribution >= 4 is 35.1 Å². The molecule has 0 atom stereocenters.